The van der Waals surface area contributed by atoms with E-state index < -0.39 is 0 Å². The minimum absolute atomic E-state index is 0.617. The van der Waals surface area contributed by atoms with Gasteiger partial charge in [-0.3, -0.25) is 0 Å². The van der Waals surface area contributed by atoms with Crippen LogP contribution in [0.5, 0.6) is 11.5 Å². The fourth-order valence-electron chi connectivity index (χ4n) is 2.22. The number of hydrogen-bond donors (Lipinski definition) is 1. The highest BCUT2D eigenvalue weighted by atomic mass is 16.5. The normalized spacial score (nSPS) is 10.4. The van der Waals surface area contributed by atoms with Gasteiger partial charge in [-0.1, -0.05) is 31.5 Å². The number of benzene rings is 2. The monoisotopic (exact) mass is 313 g/mol. The van der Waals surface area contributed by atoms with E-state index in [-0.39, 0.29) is 0 Å². The lowest BCUT2D eigenvalue weighted by molar-refractivity contribution is 0.309. The predicted molar refractivity (Wildman–Crippen MR) is 96.7 cm³/mol. The van der Waals surface area contributed by atoms with Crippen molar-refractivity contribution in [1.82, 2.24) is 0 Å². The standard InChI is InChI=1S/C20H27NO2/c1-4-5-13-23-20-9-7-6-8-19(20)21-12-14-22-18-11-10-16(2)17(3)15-18/h6-11,15,21H,4-5,12-14H2,1-3H3. The van der Waals surface area contributed by atoms with Crippen molar-refractivity contribution in [2.45, 2.75) is 33.6 Å². The van der Waals surface area contributed by atoms with E-state index in [0.29, 0.717) is 6.61 Å². The Hall–Kier alpha value is -2.16. The summed E-state index contributed by atoms with van der Waals surface area (Å²) >= 11 is 0. The van der Waals surface area contributed by atoms with Crippen LogP contribution < -0.4 is 14.8 Å². The van der Waals surface area contributed by atoms with E-state index in [4.69, 9.17) is 9.47 Å². The summed E-state index contributed by atoms with van der Waals surface area (Å²) in [6.45, 7) is 8.49. The van der Waals surface area contributed by atoms with Gasteiger partial charge in [0.2, 0.25) is 0 Å². The maximum Gasteiger partial charge on any atom is 0.142 e. The molecule has 0 saturated heterocycles. The van der Waals surface area contributed by atoms with Crippen LogP contribution in [0.3, 0.4) is 0 Å². The number of anilines is 1. The summed E-state index contributed by atoms with van der Waals surface area (Å²) in [6, 6.07) is 14.2. The largest absolute Gasteiger partial charge is 0.492 e. The van der Waals surface area contributed by atoms with E-state index in [1.807, 2.05) is 30.3 Å². The van der Waals surface area contributed by atoms with Crippen molar-refractivity contribution >= 4 is 5.69 Å². The second kappa shape index (κ2) is 9.09. The Balaban J connectivity index is 1.80. The Labute approximate surface area is 139 Å². The quantitative estimate of drug-likeness (QED) is 0.663. The topological polar surface area (TPSA) is 30.5 Å². The zero-order chi connectivity index (χ0) is 16.5. The number of hydrogen-bond acceptors (Lipinski definition) is 3. The Morgan fingerprint density at radius 3 is 2.52 bits per heavy atom. The van der Waals surface area contributed by atoms with E-state index in [1.54, 1.807) is 0 Å². The molecule has 0 unspecified atom stereocenters. The van der Waals surface area contributed by atoms with Gasteiger partial charge in [0.15, 0.2) is 0 Å². The lowest BCUT2D eigenvalue weighted by Crippen LogP contribution is -2.12. The Bertz CT molecular complexity index is 610. The molecule has 0 heterocycles. The summed E-state index contributed by atoms with van der Waals surface area (Å²) in [4.78, 5) is 0. The van der Waals surface area contributed by atoms with Crippen LogP contribution in [0, 0.1) is 13.8 Å². The first-order valence-corrected chi connectivity index (χ1v) is 8.36. The van der Waals surface area contributed by atoms with Crippen LogP contribution in [0.2, 0.25) is 0 Å². The maximum absolute atomic E-state index is 5.82. The van der Waals surface area contributed by atoms with Gasteiger partial charge in [0, 0.05) is 6.54 Å². The van der Waals surface area contributed by atoms with Crippen molar-refractivity contribution in [2.75, 3.05) is 25.1 Å². The average molecular weight is 313 g/mol. The maximum atomic E-state index is 5.82. The van der Waals surface area contributed by atoms with Crippen LogP contribution in [0.25, 0.3) is 0 Å². The highest BCUT2D eigenvalue weighted by molar-refractivity contribution is 5.56. The van der Waals surface area contributed by atoms with Gasteiger partial charge in [0.1, 0.15) is 18.1 Å². The first-order chi connectivity index (χ1) is 11.2. The summed E-state index contributed by atoms with van der Waals surface area (Å²) in [6.07, 6.45) is 2.21. The Morgan fingerprint density at radius 2 is 1.74 bits per heavy atom. The number of para-hydroxylation sites is 2. The molecule has 0 aromatic heterocycles. The first-order valence-electron chi connectivity index (χ1n) is 8.36. The number of unbranched alkanes of at least 4 members (excludes halogenated alkanes) is 1. The molecule has 0 aliphatic heterocycles. The van der Waals surface area contributed by atoms with E-state index >= 15 is 0 Å². The molecule has 0 aliphatic rings. The molecule has 0 amide bonds. The van der Waals surface area contributed by atoms with Crippen molar-refractivity contribution in [3.8, 4) is 11.5 Å². The summed E-state index contributed by atoms with van der Waals surface area (Å²) in [5.41, 5.74) is 3.56. The highest BCUT2D eigenvalue weighted by Crippen LogP contribution is 2.23. The molecule has 0 spiro atoms. The van der Waals surface area contributed by atoms with Crippen molar-refractivity contribution < 1.29 is 9.47 Å². The van der Waals surface area contributed by atoms with Crippen LogP contribution in [0.1, 0.15) is 30.9 Å². The van der Waals surface area contributed by atoms with Gasteiger partial charge in [-0.25, -0.2) is 0 Å². The molecule has 3 nitrogen and oxygen atoms in total. The molecule has 0 fully saturated rings. The molecular formula is C20H27NO2. The third kappa shape index (κ3) is 5.51. The van der Waals surface area contributed by atoms with E-state index in [0.717, 1.165) is 43.2 Å². The van der Waals surface area contributed by atoms with Crippen molar-refractivity contribution in [3.63, 3.8) is 0 Å². The molecule has 0 saturated carbocycles. The van der Waals surface area contributed by atoms with E-state index in [2.05, 4.69) is 38.2 Å². The molecule has 3 heteroatoms. The smallest absolute Gasteiger partial charge is 0.142 e. The molecule has 0 aliphatic carbocycles. The van der Waals surface area contributed by atoms with Crippen LogP contribution in [0.15, 0.2) is 42.5 Å². The molecule has 23 heavy (non-hydrogen) atoms. The van der Waals surface area contributed by atoms with Crippen molar-refractivity contribution in [3.05, 3.63) is 53.6 Å². The van der Waals surface area contributed by atoms with Gasteiger partial charge in [0.25, 0.3) is 0 Å². The molecule has 0 radical (unpaired) electrons. The number of ether oxygens (including phenoxy) is 2. The van der Waals surface area contributed by atoms with Crippen molar-refractivity contribution in [2.24, 2.45) is 0 Å². The summed E-state index contributed by atoms with van der Waals surface area (Å²) in [7, 11) is 0. The Kier molecular flexibility index (Phi) is 6.79. The summed E-state index contributed by atoms with van der Waals surface area (Å²) in [5.74, 6) is 1.83. The highest BCUT2D eigenvalue weighted by Gasteiger charge is 2.02. The molecule has 2 aromatic rings. The minimum Gasteiger partial charge on any atom is -0.492 e. The molecule has 2 aromatic carbocycles. The number of aryl methyl sites for hydroxylation is 2. The van der Waals surface area contributed by atoms with Crippen LogP contribution in [0.4, 0.5) is 5.69 Å². The fraction of sp³-hybridized carbons (Fsp3) is 0.400. The number of rotatable bonds is 9. The molecule has 0 bridgehead atoms. The summed E-state index contributed by atoms with van der Waals surface area (Å²) in [5, 5.41) is 3.39. The van der Waals surface area contributed by atoms with Crippen LogP contribution >= 0.6 is 0 Å². The van der Waals surface area contributed by atoms with Gasteiger partial charge in [-0.2, -0.15) is 0 Å². The van der Waals surface area contributed by atoms with E-state index in [1.165, 1.54) is 11.1 Å². The summed E-state index contributed by atoms with van der Waals surface area (Å²) < 4.78 is 11.6. The molecule has 124 valence electrons. The van der Waals surface area contributed by atoms with Gasteiger partial charge in [-0.15, -0.1) is 0 Å². The third-order valence-electron chi connectivity index (χ3n) is 3.81. The van der Waals surface area contributed by atoms with Gasteiger partial charge >= 0.3 is 0 Å². The Morgan fingerprint density at radius 1 is 0.913 bits per heavy atom. The SMILES string of the molecule is CCCCOc1ccccc1NCCOc1ccc(C)c(C)c1. The molecule has 2 rings (SSSR count). The second-order valence-electron chi connectivity index (χ2n) is 5.72. The average Bonchev–Trinajstić information content (AvgIpc) is 2.56. The lowest BCUT2D eigenvalue weighted by atomic mass is 10.1. The second-order valence-corrected chi connectivity index (χ2v) is 5.72. The van der Waals surface area contributed by atoms with Crippen LogP contribution in [-0.4, -0.2) is 19.8 Å². The van der Waals surface area contributed by atoms with Gasteiger partial charge < -0.3 is 14.8 Å². The lowest BCUT2D eigenvalue weighted by Gasteiger charge is -2.14. The first kappa shape index (κ1) is 17.2. The molecule has 1 N–H and O–H groups in total. The van der Waals surface area contributed by atoms with Crippen LogP contribution in [-0.2, 0) is 0 Å². The minimum atomic E-state index is 0.617. The molecule has 0 atom stereocenters. The van der Waals surface area contributed by atoms with E-state index in [9.17, 15) is 0 Å². The number of nitrogens with one attached hydrogen (secondary N) is 1. The molecular weight excluding hydrogens is 286 g/mol. The predicted octanol–water partition coefficient (Wildman–Crippen LogP) is 4.97. The zero-order valence-electron chi connectivity index (χ0n) is 14.4. The van der Waals surface area contributed by atoms with Gasteiger partial charge in [0.05, 0.1) is 12.3 Å². The van der Waals surface area contributed by atoms with Crippen molar-refractivity contribution in [1.29, 1.82) is 0 Å². The zero-order valence-corrected chi connectivity index (χ0v) is 14.4. The fourth-order valence-corrected chi connectivity index (χ4v) is 2.22. The third-order valence-corrected chi connectivity index (χ3v) is 3.81. The van der Waals surface area contributed by atoms with Gasteiger partial charge in [-0.05, 0) is 55.7 Å².